The van der Waals surface area contributed by atoms with Gasteiger partial charge in [-0.05, 0) is 0 Å². The van der Waals surface area contributed by atoms with Crippen LogP contribution < -0.4 is 0 Å². The summed E-state index contributed by atoms with van der Waals surface area (Å²) in [6.45, 7) is 3.04. The molecular formula is C11H15FO7. The third-order valence-corrected chi connectivity index (χ3v) is 2.29. The number of hydrogen-bond acceptors (Lipinski definition) is 7. The van der Waals surface area contributed by atoms with Crippen LogP contribution in [0.1, 0.15) is 20.8 Å². The Balaban J connectivity index is 2.89. The monoisotopic (exact) mass is 278 g/mol. The average Bonchev–Trinajstić information content (AvgIpc) is 2.25. The van der Waals surface area contributed by atoms with Crippen molar-refractivity contribution >= 4 is 17.9 Å². The molecule has 1 aliphatic rings. The SMILES string of the molecule is CC(=O)O[C@@H]1[C@H](OC(C)=O)[C@H](OC(C)=O)CO[C@H]1F. The van der Waals surface area contributed by atoms with Gasteiger partial charge in [0.15, 0.2) is 18.3 Å². The van der Waals surface area contributed by atoms with Crippen LogP contribution in [-0.2, 0) is 33.3 Å². The molecule has 1 rings (SSSR count). The first kappa shape index (κ1) is 15.4. The highest BCUT2D eigenvalue weighted by atomic mass is 19.1. The minimum atomic E-state index is -1.96. The van der Waals surface area contributed by atoms with Gasteiger partial charge in [0.25, 0.3) is 0 Å². The van der Waals surface area contributed by atoms with E-state index < -0.39 is 42.6 Å². The Hall–Kier alpha value is -1.70. The maximum atomic E-state index is 13.6. The van der Waals surface area contributed by atoms with Crippen LogP contribution >= 0.6 is 0 Å². The van der Waals surface area contributed by atoms with E-state index >= 15 is 0 Å². The number of rotatable bonds is 3. The van der Waals surface area contributed by atoms with Crippen molar-refractivity contribution in [3.8, 4) is 0 Å². The summed E-state index contributed by atoms with van der Waals surface area (Å²) < 4.78 is 32.8. The van der Waals surface area contributed by atoms with E-state index in [0.717, 1.165) is 20.8 Å². The van der Waals surface area contributed by atoms with Crippen molar-refractivity contribution in [3.63, 3.8) is 0 Å². The summed E-state index contributed by atoms with van der Waals surface area (Å²) in [6.07, 6.45) is -5.70. The van der Waals surface area contributed by atoms with Crippen LogP contribution in [0.25, 0.3) is 0 Å². The topological polar surface area (TPSA) is 88.1 Å². The van der Waals surface area contributed by atoms with E-state index in [0.29, 0.717) is 0 Å². The highest BCUT2D eigenvalue weighted by Gasteiger charge is 2.47. The summed E-state index contributed by atoms with van der Waals surface area (Å²) in [5, 5.41) is 0. The molecule has 1 aliphatic heterocycles. The van der Waals surface area contributed by atoms with Crippen molar-refractivity contribution in [2.24, 2.45) is 0 Å². The molecule has 1 saturated heterocycles. The lowest BCUT2D eigenvalue weighted by Crippen LogP contribution is -2.56. The number of carbonyl (C=O) groups is 3. The van der Waals surface area contributed by atoms with Crippen molar-refractivity contribution in [2.45, 2.75) is 45.4 Å². The molecule has 1 heterocycles. The predicted molar refractivity (Wildman–Crippen MR) is 57.5 cm³/mol. The van der Waals surface area contributed by atoms with E-state index in [1.54, 1.807) is 0 Å². The normalized spacial score (nSPS) is 30.3. The van der Waals surface area contributed by atoms with Gasteiger partial charge >= 0.3 is 17.9 Å². The summed E-state index contributed by atoms with van der Waals surface area (Å²) >= 11 is 0. The lowest BCUT2D eigenvalue weighted by molar-refractivity contribution is -0.248. The molecule has 0 aliphatic carbocycles. The molecule has 7 nitrogen and oxygen atoms in total. The minimum Gasteiger partial charge on any atom is -0.456 e. The Labute approximate surface area is 108 Å². The van der Waals surface area contributed by atoms with Gasteiger partial charge in [-0.25, -0.2) is 4.39 Å². The first-order valence-electron chi connectivity index (χ1n) is 5.58. The Morgan fingerprint density at radius 3 is 1.89 bits per heavy atom. The molecule has 0 aromatic heterocycles. The van der Waals surface area contributed by atoms with Crippen molar-refractivity contribution in [1.82, 2.24) is 0 Å². The zero-order chi connectivity index (χ0) is 14.6. The fourth-order valence-corrected chi connectivity index (χ4v) is 1.70. The molecule has 0 unspecified atom stereocenters. The van der Waals surface area contributed by atoms with Gasteiger partial charge in [0.2, 0.25) is 6.36 Å². The zero-order valence-electron chi connectivity index (χ0n) is 10.8. The van der Waals surface area contributed by atoms with Crippen LogP contribution in [0.2, 0.25) is 0 Å². The first-order valence-corrected chi connectivity index (χ1v) is 5.58. The van der Waals surface area contributed by atoms with E-state index in [4.69, 9.17) is 18.9 Å². The van der Waals surface area contributed by atoms with E-state index in [2.05, 4.69) is 0 Å². The van der Waals surface area contributed by atoms with Gasteiger partial charge in [-0.15, -0.1) is 0 Å². The molecule has 8 heteroatoms. The lowest BCUT2D eigenvalue weighted by Gasteiger charge is -2.37. The third-order valence-electron chi connectivity index (χ3n) is 2.29. The average molecular weight is 278 g/mol. The molecule has 0 amide bonds. The predicted octanol–water partition coefficient (Wildman–Crippen LogP) is 0.107. The van der Waals surface area contributed by atoms with Crippen LogP contribution in [0.15, 0.2) is 0 Å². The molecule has 0 saturated carbocycles. The molecule has 0 radical (unpaired) electrons. The van der Waals surface area contributed by atoms with Crippen molar-refractivity contribution in [2.75, 3.05) is 6.61 Å². The molecular weight excluding hydrogens is 263 g/mol. The number of ether oxygens (including phenoxy) is 4. The van der Waals surface area contributed by atoms with Gasteiger partial charge in [0, 0.05) is 20.8 Å². The van der Waals surface area contributed by atoms with Crippen molar-refractivity contribution in [3.05, 3.63) is 0 Å². The maximum Gasteiger partial charge on any atom is 0.303 e. The Kier molecular flexibility index (Phi) is 5.22. The van der Waals surface area contributed by atoms with E-state index in [-0.39, 0.29) is 6.61 Å². The van der Waals surface area contributed by atoms with Gasteiger partial charge in [0.05, 0.1) is 6.61 Å². The second kappa shape index (κ2) is 6.46. The standard InChI is InChI=1S/C11H15FO7/c1-5(13)17-8-4-16-11(12)10(19-7(3)15)9(8)18-6(2)14/h8-11H,4H2,1-3H3/t8-,9-,10-,11-/m1/s1. The Bertz CT molecular complexity index is 370. The Morgan fingerprint density at radius 1 is 0.947 bits per heavy atom. The van der Waals surface area contributed by atoms with Crippen LogP contribution in [0, 0.1) is 0 Å². The third kappa shape index (κ3) is 4.47. The van der Waals surface area contributed by atoms with Gasteiger partial charge in [-0.2, -0.15) is 0 Å². The number of hydrogen-bond donors (Lipinski definition) is 0. The van der Waals surface area contributed by atoms with Crippen LogP contribution in [0.5, 0.6) is 0 Å². The zero-order valence-corrected chi connectivity index (χ0v) is 10.8. The highest BCUT2D eigenvalue weighted by molar-refractivity contribution is 5.68. The summed E-state index contributed by atoms with van der Waals surface area (Å²) in [6, 6.07) is 0. The summed E-state index contributed by atoms with van der Waals surface area (Å²) in [5.41, 5.74) is 0. The molecule has 0 spiro atoms. The smallest absolute Gasteiger partial charge is 0.303 e. The van der Waals surface area contributed by atoms with Crippen LogP contribution in [-0.4, -0.2) is 49.2 Å². The minimum absolute atomic E-state index is 0.295. The van der Waals surface area contributed by atoms with Crippen LogP contribution in [0.4, 0.5) is 4.39 Å². The number of halogens is 1. The Morgan fingerprint density at radius 2 is 1.42 bits per heavy atom. The maximum absolute atomic E-state index is 13.6. The highest BCUT2D eigenvalue weighted by Crippen LogP contribution is 2.24. The number of alkyl halides is 1. The summed E-state index contributed by atoms with van der Waals surface area (Å²) in [7, 11) is 0. The van der Waals surface area contributed by atoms with Crippen molar-refractivity contribution in [1.29, 1.82) is 0 Å². The summed E-state index contributed by atoms with van der Waals surface area (Å²) in [4.78, 5) is 32.9. The molecule has 0 aromatic carbocycles. The molecule has 4 atom stereocenters. The van der Waals surface area contributed by atoms with E-state index in [9.17, 15) is 18.8 Å². The molecule has 108 valence electrons. The largest absolute Gasteiger partial charge is 0.456 e. The van der Waals surface area contributed by atoms with Crippen molar-refractivity contribution < 1.29 is 37.7 Å². The second-order valence-electron chi connectivity index (χ2n) is 3.98. The number of esters is 3. The number of carbonyl (C=O) groups excluding carboxylic acids is 3. The van der Waals surface area contributed by atoms with E-state index in [1.165, 1.54) is 0 Å². The van der Waals surface area contributed by atoms with Gasteiger partial charge < -0.3 is 18.9 Å². The lowest BCUT2D eigenvalue weighted by atomic mass is 10.1. The van der Waals surface area contributed by atoms with E-state index in [1.807, 2.05) is 0 Å². The quantitative estimate of drug-likeness (QED) is 0.534. The fraction of sp³-hybridized carbons (Fsp3) is 0.727. The molecule has 0 N–H and O–H groups in total. The second-order valence-corrected chi connectivity index (χ2v) is 3.98. The van der Waals surface area contributed by atoms with Gasteiger partial charge in [-0.3, -0.25) is 14.4 Å². The molecule has 1 fully saturated rings. The van der Waals surface area contributed by atoms with Crippen LogP contribution in [0.3, 0.4) is 0 Å². The van der Waals surface area contributed by atoms with Gasteiger partial charge in [0.1, 0.15) is 0 Å². The molecule has 0 aromatic rings. The van der Waals surface area contributed by atoms with Gasteiger partial charge in [-0.1, -0.05) is 0 Å². The first-order chi connectivity index (χ1) is 8.81. The molecule has 0 bridgehead atoms. The summed E-state index contributed by atoms with van der Waals surface area (Å²) in [5.74, 6) is -2.13. The fourth-order valence-electron chi connectivity index (χ4n) is 1.70. The molecule has 19 heavy (non-hydrogen) atoms.